The van der Waals surface area contributed by atoms with Crippen LogP contribution in [0.4, 0.5) is 17.1 Å². The lowest BCUT2D eigenvalue weighted by molar-refractivity contribution is 0.0600. The predicted molar refractivity (Wildman–Crippen MR) is 112 cm³/mol. The van der Waals surface area contributed by atoms with Gasteiger partial charge in [0.15, 0.2) is 0 Å². The summed E-state index contributed by atoms with van der Waals surface area (Å²) in [7, 11) is 1.35. The number of carbonyl (C=O) groups excluding carboxylic acids is 2. The van der Waals surface area contributed by atoms with Gasteiger partial charge < -0.3 is 15.0 Å². The van der Waals surface area contributed by atoms with Crippen molar-refractivity contribution in [2.75, 3.05) is 17.3 Å². The lowest BCUT2D eigenvalue weighted by Gasteiger charge is -2.22. The number of esters is 1. The third-order valence-electron chi connectivity index (χ3n) is 4.98. The number of carbonyl (C=O) groups is 2. The second-order valence-corrected chi connectivity index (χ2v) is 6.99. The molecule has 2 heterocycles. The molecule has 0 aliphatic carbocycles. The second kappa shape index (κ2) is 7.75. The minimum atomic E-state index is -0.396. The number of nitrogens with one attached hydrogen (secondary N) is 1. The first-order valence-electron chi connectivity index (χ1n) is 9.40. The number of anilines is 3. The van der Waals surface area contributed by atoms with Gasteiger partial charge in [-0.1, -0.05) is 24.3 Å². The number of methoxy groups -OCH3 is 1. The Hall–Kier alpha value is -3.67. The minimum absolute atomic E-state index is 0.0977. The summed E-state index contributed by atoms with van der Waals surface area (Å²) in [4.78, 5) is 30.9. The van der Waals surface area contributed by atoms with Gasteiger partial charge in [0, 0.05) is 17.4 Å². The van der Waals surface area contributed by atoms with Crippen LogP contribution in [0.25, 0.3) is 0 Å². The zero-order valence-electron chi connectivity index (χ0n) is 16.3. The SMILES string of the molecule is COC(=O)c1cccc(Nc2ccc(C(=O)N3c4ccccc4CC3C)nc2)c1. The molecule has 4 rings (SSSR count). The fourth-order valence-electron chi connectivity index (χ4n) is 3.60. The summed E-state index contributed by atoms with van der Waals surface area (Å²) in [5.41, 5.74) is 4.43. The van der Waals surface area contributed by atoms with Gasteiger partial charge in [-0.05, 0) is 55.3 Å². The van der Waals surface area contributed by atoms with Crippen LogP contribution < -0.4 is 10.2 Å². The summed E-state index contributed by atoms with van der Waals surface area (Å²) < 4.78 is 4.74. The summed E-state index contributed by atoms with van der Waals surface area (Å²) in [5.74, 6) is -0.505. The van der Waals surface area contributed by atoms with E-state index in [0.717, 1.165) is 23.5 Å². The number of amides is 1. The number of ether oxygens (including phenoxy) is 1. The average molecular weight is 387 g/mol. The molecule has 3 aromatic rings. The van der Waals surface area contributed by atoms with Gasteiger partial charge in [0.05, 0.1) is 24.6 Å². The number of hydrogen-bond donors (Lipinski definition) is 1. The van der Waals surface area contributed by atoms with E-state index < -0.39 is 5.97 Å². The standard InChI is InChI=1S/C23H21N3O3/c1-15-12-16-6-3-4-9-21(16)26(15)22(27)20-11-10-19(14-24-20)25-18-8-5-7-17(13-18)23(28)29-2/h3-11,13-15,25H,12H2,1-2H3. The molecule has 0 saturated heterocycles. The zero-order chi connectivity index (χ0) is 20.4. The highest BCUT2D eigenvalue weighted by Crippen LogP contribution is 2.33. The Balaban J connectivity index is 1.51. The van der Waals surface area contributed by atoms with E-state index in [-0.39, 0.29) is 11.9 Å². The molecule has 0 spiro atoms. The van der Waals surface area contributed by atoms with Crippen LogP contribution in [0.2, 0.25) is 0 Å². The van der Waals surface area contributed by atoms with Gasteiger partial charge in [0.2, 0.25) is 0 Å². The highest BCUT2D eigenvalue weighted by molar-refractivity contribution is 6.06. The van der Waals surface area contributed by atoms with E-state index in [2.05, 4.69) is 16.4 Å². The maximum absolute atomic E-state index is 13.0. The second-order valence-electron chi connectivity index (χ2n) is 6.99. The molecule has 2 aromatic carbocycles. The van der Waals surface area contributed by atoms with Crippen LogP contribution in [0.15, 0.2) is 66.9 Å². The molecule has 0 bridgehead atoms. The molecule has 0 radical (unpaired) electrons. The summed E-state index contributed by atoms with van der Waals surface area (Å²) in [5, 5.41) is 3.19. The van der Waals surface area contributed by atoms with Crippen LogP contribution in [0.3, 0.4) is 0 Å². The molecule has 146 valence electrons. The Kier molecular flexibility index (Phi) is 4.99. The van der Waals surface area contributed by atoms with E-state index in [4.69, 9.17) is 4.74 Å². The number of nitrogens with zero attached hydrogens (tertiary/aromatic N) is 2. The molecule has 0 saturated carbocycles. The van der Waals surface area contributed by atoms with Gasteiger partial charge in [0.25, 0.3) is 5.91 Å². The van der Waals surface area contributed by atoms with Crippen molar-refractivity contribution in [3.8, 4) is 0 Å². The zero-order valence-corrected chi connectivity index (χ0v) is 16.3. The van der Waals surface area contributed by atoms with Crippen molar-refractivity contribution in [2.45, 2.75) is 19.4 Å². The Morgan fingerprint density at radius 2 is 1.90 bits per heavy atom. The lowest BCUT2D eigenvalue weighted by atomic mass is 10.1. The topological polar surface area (TPSA) is 71.5 Å². The van der Waals surface area contributed by atoms with Crippen molar-refractivity contribution in [3.63, 3.8) is 0 Å². The number of para-hydroxylation sites is 1. The number of rotatable bonds is 4. The first kappa shape index (κ1) is 18.7. The van der Waals surface area contributed by atoms with Crippen LogP contribution in [0.1, 0.15) is 33.3 Å². The summed E-state index contributed by atoms with van der Waals surface area (Å²) in [6.07, 6.45) is 2.46. The van der Waals surface area contributed by atoms with Crippen molar-refractivity contribution in [1.82, 2.24) is 4.98 Å². The third kappa shape index (κ3) is 3.69. The molecule has 1 atom stereocenters. The molecule has 1 aliphatic rings. The molecule has 1 aromatic heterocycles. The van der Waals surface area contributed by atoms with E-state index in [1.807, 2.05) is 36.1 Å². The van der Waals surface area contributed by atoms with E-state index >= 15 is 0 Å². The lowest BCUT2D eigenvalue weighted by Crippen LogP contribution is -2.36. The first-order valence-corrected chi connectivity index (χ1v) is 9.40. The molecule has 6 heteroatoms. The highest BCUT2D eigenvalue weighted by atomic mass is 16.5. The van der Waals surface area contributed by atoms with Crippen molar-refractivity contribution in [2.24, 2.45) is 0 Å². The van der Waals surface area contributed by atoms with Gasteiger partial charge in [-0.25, -0.2) is 9.78 Å². The first-order chi connectivity index (χ1) is 14.1. The Morgan fingerprint density at radius 3 is 2.66 bits per heavy atom. The van der Waals surface area contributed by atoms with Gasteiger partial charge in [0.1, 0.15) is 5.69 Å². The molecule has 29 heavy (non-hydrogen) atoms. The van der Waals surface area contributed by atoms with E-state index in [0.29, 0.717) is 11.3 Å². The van der Waals surface area contributed by atoms with Gasteiger partial charge >= 0.3 is 5.97 Å². The van der Waals surface area contributed by atoms with E-state index in [9.17, 15) is 9.59 Å². The van der Waals surface area contributed by atoms with Crippen molar-refractivity contribution in [3.05, 3.63) is 83.7 Å². The van der Waals surface area contributed by atoms with Crippen LogP contribution in [0.5, 0.6) is 0 Å². The molecule has 1 N–H and O–H groups in total. The fraction of sp³-hybridized carbons (Fsp3) is 0.174. The molecule has 6 nitrogen and oxygen atoms in total. The van der Waals surface area contributed by atoms with Crippen molar-refractivity contribution in [1.29, 1.82) is 0 Å². The summed E-state index contributed by atoms with van der Waals surface area (Å²) in [6, 6.07) is 18.6. The Bertz CT molecular complexity index is 1060. The maximum Gasteiger partial charge on any atom is 0.337 e. The molecular formula is C23H21N3O3. The van der Waals surface area contributed by atoms with E-state index in [1.165, 1.54) is 12.7 Å². The Labute approximate surface area is 169 Å². The number of pyridine rings is 1. The molecule has 1 aliphatic heterocycles. The summed E-state index contributed by atoms with van der Waals surface area (Å²) >= 11 is 0. The largest absolute Gasteiger partial charge is 0.465 e. The van der Waals surface area contributed by atoms with Gasteiger partial charge in [-0.3, -0.25) is 4.79 Å². The Morgan fingerprint density at radius 1 is 1.07 bits per heavy atom. The molecule has 0 fully saturated rings. The van der Waals surface area contributed by atoms with Gasteiger partial charge in [-0.2, -0.15) is 0 Å². The number of fused-ring (bicyclic) bond motifs is 1. The number of benzene rings is 2. The molecular weight excluding hydrogens is 366 g/mol. The summed E-state index contributed by atoms with van der Waals surface area (Å²) in [6.45, 7) is 2.04. The smallest absolute Gasteiger partial charge is 0.337 e. The highest BCUT2D eigenvalue weighted by Gasteiger charge is 2.31. The minimum Gasteiger partial charge on any atom is -0.465 e. The number of hydrogen-bond acceptors (Lipinski definition) is 5. The normalized spacial score (nSPS) is 15.0. The quantitative estimate of drug-likeness (QED) is 0.679. The van der Waals surface area contributed by atoms with Crippen LogP contribution in [-0.4, -0.2) is 30.0 Å². The predicted octanol–water partition coefficient (Wildman–Crippen LogP) is 4.20. The molecule has 1 unspecified atom stereocenters. The van der Waals surface area contributed by atoms with Crippen LogP contribution in [0, 0.1) is 0 Å². The van der Waals surface area contributed by atoms with Crippen molar-refractivity contribution < 1.29 is 14.3 Å². The van der Waals surface area contributed by atoms with Crippen LogP contribution >= 0.6 is 0 Å². The fourth-order valence-corrected chi connectivity index (χ4v) is 3.60. The average Bonchev–Trinajstić information content (AvgIpc) is 3.09. The maximum atomic E-state index is 13.0. The monoisotopic (exact) mass is 387 g/mol. The van der Waals surface area contributed by atoms with Gasteiger partial charge in [-0.15, -0.1) is 0 Å². The number of aromatic nitrogens is 1. The van der Waals surface area contributed by atoms with Crippen LogP contribution in [-0.2, 0) is 11.2 Å². The third-order valence-corrected chi connectivity index (χ3v) is 4.98. The van der Waals surface area contributed by atoms with Crippen molar-refractivity contribution >= 4 is 28.9 Å². The van der Waals surface area contributed by atoms with E-state index in [1.54, 1.807) is 36.5 Å². The molecule has 1 amide bonds.